The predicted octanol–water partition coefficient (Wildman–Crippen LogP) is 2.86. The van der Waals surface area contributed by atoms with Crippen molar-refractivity contribution >= 4 is 29.9 Å². The Bertz CT molecular complexity index is 774. The number of hydrogen-bond acceptors (Lipinski definition) is 3. The Kier molecular flexibility index (Phi) is 7.45. The summed E-state index contributed by atoms with van der Waals surface area (Å²) in [5.41, 5.74) is 3.09. The fourth-order valence-electron chi connectivity index (χ4n) is 3.15. The lowest BCUT2D eigenvalue weighted by Crippen LogP contribution is -2.40. The van der Waals surface area contributed by atoms with Crippen LogP contribution in [0.25, 0.3) is 0 Å². The van der Waals surface area contributed by atoms with E-state index in [2.05, 4.69) is 34.5 Å². The van der Waals surface area contributed by atoms with E-state index in [4.69, 9.17) is 10.3 Å². The zero-order chi connectivity index (χ0) is 17.6. The second-order valence-corrected chi connectivity index (χ2v) is 6.36. The number of nitrogens with zero attached hydrogens (tertiary/aromatic N) is 5. The van der Waals surface area contributed by atoms with E-state index >= 15 is 0 Å². The average Bonchev–Trinajstić information content (AvgIpc) is 3.28. The van der Waals surface area contributed by atoms with E-state index in [0.717, 1.165) is 37.6 Å². The third-order valence-electron chi connectivity index (χ3n) is 4.51. The van der Waals surface area contributed by atoms with E-state index in [1.165, 1.54) is 5.56 Å². The topological polar surface area (TPSA) is 69.2 Å². The molecule has 1 aromatic carbocycles. The molecule has 0 amide bonds. The minimum absolute atomic E-state index is 0. The molecule has 1 aliphatic rings. The Hall–Kier alpha value is -2.08. The largest absolute Gasteiger partial charge is 0.357 e. The Balaban J connectivity index is 0.00000243. The van der Waals surface area contributed by atoms with Gasteiger partial charge < -0.3 is 10.2 Å². The molecule has 0 radical (unpaired) electrons. The highest BCUT2D eigenvalue weighted by atomic mass is 127. The maximum Gasteiger partial charge on any atom is 0.194 e. The van der Waals surface area contributed by atoms with Crippen LogP contribution in [0.3, 0.4) is 0 Å². The van der Waals surface area contributed by atoms with Crippen LogP contribution in [0, 0.1) is 11.3 Å². The number of aromatic nitrogens is 2. The van der Waals surface area contributed by atoms with Crippen LogP contribution >= 0.6 is 24.0 Å². The van der Waals surface area contributed by atoms with Crippen LogP contribution in [0.1, 0.15) is 36.0 Å². The highest BCUT2D eigenvalue weighted by Gasteiger charge is 2.26. The SMILES string of the molecule is CCNC(=NCc1ccc(C#N)cc1)N1CCC(c2cnn(C)c2)C1.I. The Labute approximate surface area is 171 Å². The van der Waals surface area contributed by atoms with Crippen LogP contribution < -0.4 is 5.32 Å². The van der Waals surface area contributed by atoms with Crippen molar-refractivity contribution in [1.29, 1.82) is 5.26 Å². The number of benzene rings is 1. The maximum absolute atomic E-state index is 8.88. The predicted molar refractivity (Wildman–Crippen MR) is 114 cm³/mol. The van der Waals surface area contributed by atoms with E-state index in [1.807, 2.05) is 42.2 Å². The van der Waals surface area contributed by atoms with Crippen molar-refractivity contribution in [2.24, 2.45) is 12.0 Å². The summed E-state index contributed by atoms with van der Waals surface area (Å²) in [5.74, 6) is 1.46. The number of nitrogens with one attached hydrogen (secondary N) is 1. The van der Waals surface area contributed by atoms with Crippen LogP contribution in [0.4, 0.5) is 0 Å². The molecule has 1 unspecified atom stereocenters. The highest BCUT2D eigenvalue weighted by molar-refractivity contribution is 14.0. The molecule has 1 aliphatic heterocycles. The van der Waals surface area contributed by atoms with Gasteiger partial charge in [0.25, 0.3) is 0 Å². The third kappa shape index (κ3) is 4.97. The quantitative estimate of drug-likeness (QED) is 0.429. The number of likely N-dealkylation sites (tertiary alicyclic amines) is 1. The first-order chi connectivity index (χ1) is 12.2. The third-order valence-corrected chi connectivity index (χ3v) is 4.51. The molecular formula is C19H25IN6. The monoisotopic (exact) mass is 464 g/mol. The molecule has 1 N–H and O–H groups in total. The van der Waals surface area contributed by atoms with E-state index < -0.39 is 0 Å². The minimum atomic E-state index is 0. The summed E-state index contributed by atoms with van der Waals surface area (Å²) in [6, 6.07) is 9.75. The van der Waals surface area contributed by atoms with E-state index in [0.29, 0.717) is 18.0 Å². The number of aryl methyl sites for hydroxylation is 1. The number of halogens is 1. The molecule has 138 valence electrons. The zero-order valence-corrected chi connectivity index (χ0v) is 17.6. The molecule has 1 atom stereocenters. The lowest BCUT2D eigenvalue weighted by atomic mass is 10.0. The van der Waals surface area contributed by atoms with Crippen LogP contribution in [-0.2, 0) is 13.6 Å². The lowest BCUT2D eigenvalue weighted by molar-refractivity contribution is 0.486. The highest BCUT2D eigenvalue weighted by Crippen LogP contribution is 2.26. The fourth-order valence-corrected chi connectivity index (χ4v) is 3.15. The molecule has 0 saturated carbocycles. The van der Waals surface area contributed by atoms with E-state index in [1.54, 1.807) is 0 Å². The standard InChI is InChI=1S/C19H24N6.HI/c1-3-21-19(22-11-16-6-4-15(10-20)5-7-16)25-9-8-17(14-25)18-12-23-24(2)13-18;/h4-7,12-13,17H,3,8-9,11,14H2,1-2H3,(H,21,22);1H. The number of guanidine groups is 1. The van der Waals surface area contributed by atoms with Crippen molar-refractivity contribution < 1.29 is 0 Å². The van der Waals surface area contributed by atoms with Gasteiger partial charge in [0.1, 0.15) is 0 Å². The van der Waals surface area contributed by atoms with Crippen molar-refractivity contribution in [3.63, 3.8) is 0 Å². The molecular weight excluding hydrogens is 439 g/mol. The summed E-state index contributed by atoms with van der Waals surface area (Å²) >= 11 is 0. The van der Waals surface area contributed by atoms with Gasteiger partial charge in [-0.3, -0.25) is 4.68 Å². The van der Waals surface area contributed by atoms with Gasteiger partial charge in [-0.1, -0.05) is 12.1 Å². The second kappa shape index (κ2) is 9.57. The van der Waals surface area contributed by atoms with Gasteiger partial charge in [-0.2, -0.15) is 10.4 Å². The normalized spacial score (nSPS) is 16.9. The van der Waals surface area contributed by atoms with Gasteiger partial charge in [-0.15, -0.1) is 24.0 Å². The van der Waals surface area contributed by atoms with Gasteiger partial charge in [0, 0.05) is 38.8 Å². The smallest absolute Gasteiger partial charge is 0.194 e. The summed E-state index contributed by atoms with van der Waals surface area (Å²) in [6.07, 6.45) is 5.19. The summed E-state index contributed by atoms with van der Waals surface area (Å²) in [5, 5.41) is 16.6. The fraction of sp³-hybridized carbons (Fsp3) is 0.421. The molecule has 2 aromatic rings. The van der Waals surface area contributed by atoms with Crippen LogP contribution in [0.2, 0.25) is 0 Å². The van der Waals surface area contributed by atoms with Crippen molar-refractivity contribution in [3.8, 4) is 6.07 Å². The van der Waals surface area contributed by atoms with E-state index in [-0.39, 0.29) is 24.0 Å². The van der Waals surface area contributed by atoms with E-state index in [9.17, 15) is 0 Å². The molecule has 6 nitrogen and oxygen atoms in total. The van der Waals surface area contributed by atoms with Crippen LogP contribution in [0.15, 0.2) is 41.7 Å². The van der Waals surface area contributed by atoms with Crippen molar-refractivity contribution in [1.82, 2.24) is 20.0 Å². The van der Waals surface area contributed by atoms with Gasteiger partial charge in [0.2, 0.25) is 0 Å². The number of nitriles is 1. The lowest BCUT2D eigenvalue weighted by Gasteiger charge is -2.21. The first-order valence-electron chi connectivity index (χ1n) is 8.70. The zero-order valence-electron chi connectivity index (χ0n) is 15.2. The number of aliphatic imine (C=N–C) groups is 1. The number of hydrogen-bond donors (Lipinski definition) is 1. The van der Waals surface area contributed by atoms with Gasteiger partial charge >= 0.3 is 0 Å². The van der Waals surface area contributed by atoms with Crippen LogP contribution in [-0.4, -0.2) is 40.3 Å². The summed E-state index contributed by atoms with van der Waals surface area (Å²) in [6.45, 7) is 5.51. The van der Waals surface area contributed by atoms with Crippen molar-refractivity contribution in [2.75, 3.05) is 19.6 Å². The van der Waals surface area contributed by atoms with Gasteiger partial charge in [0.05, 0.1) is 24.4 Å². The molecule has 0 aliphatic carbocycles. The molecule has 1 aromatic heterocycles. The molecule has 3 rings (SSSR count). The molecule has 0 bridgehead atoms. The molecule has 1 saturated heterocycles. The molecule has 1 fully saturated rings. The minimum Gasteiger partial charge on any atom is -0.357 e. The molecule has 0 spiro atoms. The second-order valence-electron chi connectivity index (χ2n) is 6.36. The van der Waals surface area contributed by atoms with Gasteiger partial charge in [-0.05, 0) is 36.6 Å². The van der Waals surface area contributed by atoms with Crippen molar-refractivity contribution in [3.05, 3.63) is 53.3 Å². The summed E-state index contributed by atoms with van der Waals surface area (Å²) < 4.78 is 1.86. The summed E-state index contributed by atoms with van der Waals surface area (Å²) in [7, 11) is 1.96. The Morgan fingerprint density at radius 3 is 2.77 bits per heavy atom. The van der Waals surface area contributed by atoms with Crippen molar-refractivity contribution in [2.45, 2.75) is 25.8 Å². The number of rotatable bonds is 4. The Morgan fingerprint density at radius 1 is 1.38 bits per heavy atom. The Morgan fingerprint density at radius 2 is 2.15 bits per heavy atom. The molecule has 2 heterocycles. The first-order valence-corrected chi connectivity index (χ1v) is 8.70. The summed E-state index contributed by atoms with van der Waals surface area (Å²) in [4.78, 5) is 7.11. The average molecular weight is 464 g/mol. The maximum atomic E-state index is 8.88. The first kappa shape index (κ1) is 20.2. The van der Waals surface area contributed by atoms with Crippen LogP contribution in [0.5, 0.6) is 0 Å². The van der Waals surface area contributed by atoms with Gasteiger partial charge in [-0.25, -0.2) is 4.99 Å². The van der Waals surface area contributed by atoms with Gasteiger partial charge in [0.15, 0.2) is 5.96 Å². The molecule has 7 heteroatoms. The molecule has 26 heavy (non-hydrogen) atoms.